The van der Waals surface area contributed by atoms with Gasteiger partial charge in [0.15, 0.2) is 5.65 Å². The second kappa shape index (κ2) is 8.33. The van der Waals surface area contributed by atoms with E-state index in [1.54, 1.807) is 29.6 Å². The molecule has 1 aliphatic heterocycles. The number of nitrogens with zero attached hydrogens (tertiary/aromatic N) is 7. The van der Waals surface area contributed by atoms with Crippen LogP contribution in [0.1, 0.15) is 21.6 Å². The van der Waals surface area contributed by atoms with Crippen molar-refractivity contribution < 1.29 is 13.2 Å². The van der Waals surface area contributed by atoms with Gasteiger partial charge >= 0.3 is 0 Å². The highest BCUT2D eigenvalue weighted by Gasteiger charge is 2.33. The molecule has 1 amide bonds. The van der Waals surface area contributed by atoms with Crippen molar-refractivity contribution in [3.05, 3.63) is 65.7 Å². The molecule has 5 rings (SSSR count). The lowest BCUT2D eigenvalue weighted by atomic mass is 10.1. The molecule has 0 bridgehead atoms. The Kier molecular flexibility index (Phi) is 5.45. The minimum atomic E-state index is -3.67. The lowest BCUT2D eigenvalue weighted by molar-refractivity contribution is 0.0699. The number of benzene rings is 1. The van der Waals surface area contributed by atoms with Gasteiger partial charge < -0.3 is 4.90 Å². The maximum Gasteiger partial charge on any atom is 0.259 e. The number of amides is 1. The van der Waals surface area contributed by atoms with Crippen molar-refractivity contribution in [3.63, 3.8) is 0 Å². The van der Waals surface area contributed by atoms with Crippen LogP contribution in [0.4, 0.5) is 0 Å². The van der Waals surface area contributed by atoms with Gasteiger partial charge in [0.2, 0.25) is 10.0 Å². The van der Waals surface area contributed by atoms with Crippen molar-refractivity contribution >= 4 is 21.6 Å². The molecule has 0 aliphatic carbocycles. The molecule has 1 aliphatic rings. The molecule has 0 saturated carbocycles. The fraction of sp³-hybridized carbons (Fsp3) is 0.304. The van der Waals surface area contributed by atoms with Gasteiger partial charge in [-0.2, -0.15) is 14.5 Å². The zero-order valence-corrected chi connectivity index (χ0v) is 20.0. The van der Waals surface area contributed by atoms with Crippen molar-refractivity contribution in [2.24, 2.45) is 7.05 Å². The number of carbonyl (C=O) groups excluding carboxylic acids is 1. The maximum atomic E-state index is 13.3. The quantitative estimate of drug-likeness (QED) is 0.443. The van der Waals surface area contributed by atoms with Crippen LogP contribution in [0.25, 0.3) is 16.9 Å². The molecule has 0 atom stereocenters. The summed E-state index contributed by atoms with van der Waals surface area (Å²) in [5, 5.41) is 8.48. The summed E-state index contributed by atoms with van der Waals surface area (Å²) in [6.07, 6.45) is 4.58. The largest absolute Gasteiger partial charge is 0.336 e. The van der Waals surface area contributed by atoms with Gasteiger partial charge in [-0.15, -0.1) is 0 Å². The summed E-state index contributed by atoms with van der Waals surface area (Å²) in [4.78, 5) is 19.6. The molecule has 0 unspecified atom stereocenters. The standard InChI is InChI=1S/C23H25N7O3S/c1-16-4-6-18(7-5-16)20-8-9-24-22-19(14-26-30(20)22)23(31)28-10-12-29(13-11-28)34(32,33)21-15-25-27(3)17(21)2/h4-9,14-15H,10-13H2,1-3H3. The third-order valence-electron chi connectivity index (χ3n) is 6.31. The third-order valence-corrected chi connectivity index (χ3v) is 8.31. The molecule has 0 spiro atoms. The molecular formula is C23H25N7O3S. The normalized spacial score (nSPS) is 15.2. The topological polar surface area (TPSA) is 106 Å². The summed E-state index contributed by atoms with van der Waals surface area (Å²) in [7, 11) is -1.96. The second-order valence-corrected chi connectivity index (χ2v) is 10.3. The van der Waals surface area contributed by atoms with Crippen molar-refractivity contribution in [1.29, 1.82) is 0 Å². The number of hydrogen-bond acceptors (Lipinski definition) is 6. The van der Waals surface area contributed by atoms with Gasteiger partial charge in [0.05, 0.1) is 23.8 Å². The van der Waals surface area contributed by atoms with E-state index in [2.05, 4.69) is 15.2 Å². The molecule has 0 radical (unpaired) electrons. The molecule has 10 nitrogen and oxygen atoms in total. The van der Waals surface area contributed by atoms with Gasteiger partial charge in [0.25, 0.3) is 5.91 Å². The molecular weight excluding hydrogens is 454 g/mol. The average Bonchev–Trinajstić information content (AvgIpc) is 3.43. The van der Waals surface area contributed by atoms with E-state index in [1.165, 1.54) is 21.4 Å². The summed E-state index contributed by atoms with van der Waals surface area (Å²) in [6, 6.07) is 9.94. The monoisotopic (exact) mass is 479 g/mol. The van der Waals surface area contributed by atoms with Crippen LogP contribution >= 0.6 is 0 Å². The molecule has 4 aromatic rings. The number of hydrogen-bond donors (Lipinski definition) is 0. The van der Waals surface area contributed by atoms with Crippen LogP contribution in [0.15, 0.2) is 53.8 Å². The minimum absolute atomic E-state index is 0.199. The number of aryl methyl sites for hydroxylation is 2. The van der Waals surface area contributed by atoms with Crippen molar-refractivity contribution in [2.45, 2.75) is 18.7 Å². The maximum absolute atomic E-state index is 13.3. The Morgan fingerprint density at radius 1 is 0.941 bits per heavy atom. The summed E-state index contributed by atoms with van der Waals surface area (Å²) in [5.74, 6) is -0.210. The number of rotatable bonds is 4. The first kappa shape index (κ1) is 22.2. The molecule has 1 saturated heterocycles. The SMILES string of the molecule is Cc1ccc(-c2ccnc3c(C(=O)N4CCN(S(=O)(=O)c5cnn(C)c5C)CC4)cnn23)cc1. The van der Waals surface area contributed by atoms with Crippen LogP contribution in [-0.2, 0) is 17.1 Å². The Morgan fingerprint density at radius 2 is 1.65 bits per heavy atom. The fourth-order valence-electron chi connectivity index (χ4n) is 4.16. The van der Waals surface area contributed by atoms with Gasteiger partial charge in [-0.3, -0.25) is 9.48 Å². The van der Waals surface area contributed by atoms with Crippen LogP contribution in [0.2, 0.25) is 0 Å². The average molecular weight is 480 g/mol. The van der Waals surface area contributed by atoms with Crippen LogP contribution in [-0.4, -0.2) is 74.1 Å². The summed E-state index contributed by atoms with van der Waals surface area (Å²) >= 11 is 0. The zero-order chi connectivity index (χ0) is 24.0. The van der Waals surface area contributed by atoms with Gasteiger partial charge in [-0.1, -0.05) is 29.8 Å². The molecule has 34 heavy (non-hydrogen) atoms. The molecule has 4 heterocycles. The minimum Gasteiger partial charge on any atom is -0.336 e. The first-order chi connectivity index (χ1) is 16.3. The number of sulfonamides is 1. The van der Waals surface area contributed by atoms with Gasteiger partial charge in [0.1, 0.15) is 10.5 Å². The van der Waals surface area contributed by atoms with E-state index in [0.29, 0.717) is 16.9 Å². The van der Waals surface area contributed by atoms with Gasteiger partial charge in [-0.05, 0) is 19.9 Å². The second-order valence-electron chi connectivity index (χ2n) is 8.40. The van der Waals surface area contributed by atoms with Gasteiger partial charge in [0, 0.05) is 45.0 Å². The molecule has 1 fully saturated rings. The molecule has 3 aromatic heterocycles. The highest BCUT2D eigenvalue weighted by atomic mass is 32.2. The smallest absolute Gasteiger partial charge is 0.259 e. The highest BCUT2D eigenvalue weighted by Crippen LogP contribution is 2.24. The third kappa shape index (κ3) is 3.66. The lowest BCUT2D eigenvalue weighted by Gasteiger charge is -2.33. The Bertz CT molecular complexity index is 1480. The number of piperazine rings is 1. The number of carbonyl (C=O) groups is 1. The predicted octanol–water partition coefficient (Wildman–Crippen LogP) is 1.89. The Labute approximate surface area is 197 Å². The number of aromatic nitrogens is 5. The first-order valence-corrected chi connectivity index (χ1v) is 12.4. The van der Waals surface area contributed by atoms with Crippen molar-refractivity contribution in [1.82, 2.24) is 33.6 Å². The Balaban J connectivity index is 1.36. The summed E-state index contributed by atoms with van der Waals surface area (Å²) < 4.78 is 30.7. The van der Waals surface area contributed by atoms with E-state index in [0.717, 1.165) is 16.8 Å². The van der Waals surface area contributed by atoms with Crippen LogP contribution < -0.4 is 0 Å². The first-order valence-electron chi connectivity index (χ1n) is 10.9. The van der Waals surface area contributed by atoms with Crippen LogP contribution in [0, 0.1) is 13.8 Å². The molecule has 0 N–H and O–H groups in total. The summed E-state index contributed by atoms with van der Waals surface area (Å²) in [5.41, 5.74) is 4.43. The zero-order valence-electron chi connectivity index (χ0n) is 19.2. The van der Waals surface area contributed by atoms with Crippen molar-refractivity contribution in [3.8, 4) is 11.3 Å². The summed E-state index contributed by atoms with van der Waals surface area (Å²) in [6.45, 7) is 4.74. The lowest BCUT2D eigenvalue weighted by Crippen LogP contribution is -2.50. The van der Waals surface area contributed by atoms with Gasteiger partial charge in [-0.25, -0.2) is 17.9 Å². The van der Waals surface area contributed by atoms with E-state index in [-0.39, 0.29) is 37.0 Å². The molecule has 1 aromatic carbocycles. The van der Waals surface area contributed by atoms with E-state index in [1.807, 2.05) is 37.3 Å². The van der Waals surface area contributed by atoms with E-state index >= 15 is 0 Å². The van der Waals surface area contributed by atoms with Crippen LogP contribution in [0.3, 0.4) is 0 Å². The molecule has 176 valence electrons. The van der Waals surface area contributed by atoms with E-state index < -0.39 is 10.0 Å². The van der Waals surface area contributed by atoms with E-state index in [9.17, 15) is 13.2 Å². The van der Waals surface area contributed by atoms with Crippen LogP contribution in [0.5, 0.6) is 0 Å². The fourth-order valence-corrected chi connectivity index (χ4v) is 5.77. The number of fused-ring (bicyclic) bond motifs is 1. The Hall–Kier alpha value is -3.57. The van der Waals surface area contributed by atoms with E-state index in [4.69, 9.17) is 0 Å². The molecule has 11 heteroatoms. The highest BCUT2D eigenvalue weighted by molar-refractivity contribution is 7.89. The van der Waals surface area contributed by atoms with Crippen molar-refractivity contribution in [2.75, 3.05) is 26.2 Å². The predicted molar refractivity (Wildman–Crippen MR) is 126 cm³/mol. The Morgan fingerprint density at radius 3 is 2.29 bits per heavy atom.